The number of carbonyl (C=O) groups excluding carboxylic acids is 3. The molecule has 0 spiro atoms. The van der Waals surface area contributed by atoms with E-state index in [9.17, 15) is 24.5 Å². The van der Waals surface area contributed by atoms with Gasteiger partial charge in [-0.3, -0.25) is 19.7 Å². The van der Waals surface area contributed by atoms with Crippen LogP contribution in [-0.4, -0.2) is 52.2 Å². The number of amides is 2. The number of Topliss-reactive ketones (excluding diaryl/α,β-unsaturated/α-hetero) is 1. The Balaban J connectivity index is 1.06. The van der Waals surface area contributed by atoms with E-state index >= 15 is 0 Å². The number of allylic oxidation sites excluding steroid dienone is 3. The van der Waals surface area contributed by atoms with E-state index in [0.29, 0.717) is 44.0 Å². The number of hydrogen-bond acceptors (Lipinski definition) is 6. The predicted octanol–water partition coefficient (Wildman–Crippen LogP) is 6.43. The summed E-state index contributed by atoms with van der Waals surface area (Å²) in [6.45, 7) is 5.27. The summed E-state index contributed by atoms with van der Waals surface area (Å²) in [6, 6.07) is 13.9. The highest BCUT2D eigenvalue weighted by Crippen LogP contribution is 2.40. The normalized spacial score (nSPS) is 18.6. The molecule has 9 heteroatoms. The Labute approximate surface area is 251 Å². The summed E-state index contributed by atoms with van der Waals surface area (Å²) in [4.78, 5) is 52.7. The average Bonchev–Trinajstić information content (AvgIpc) is 3.15. The number of nitro groups is 1. The highest BCUT2D eigenvalue weighted by atomic mass is 16.6. The van der Waals surface area contributed by atoms with Crippen LogP contribution in [0.25, 0.3) is 0 Å². The zero-order valence-electron chi connectivity index (χ0n) is 24.3. The second-order valence-corrected chi connectivity index (χ2v) is 11.3. The van der Waals surface area contributed by atoms with E-state index in [2.05, 4.69) is 18.7 Å². The summed E-state index contributed by atoms with van der Waals surface area (Å²) in [5, 5.41) is 10.9. The topological polar surface area (TPSA) is 110 Å². The number of aryl methyl sites for hydroxylation is 1. The lowest BCUT2D eigenvalue weighted by atomic mass is 9.90. The molecule has 5 rings (SSSR count). The van der Waals surface area contributed by atoms with Crippen molar-refractivity contribution in [1.29, 1.82) is 0 Å². The van der Waals surface area contributed by atoms with Gasteiger partial charge in [0.1, 0.15) is 0 Å². The first-order chi connectivity index (χ1) is 20.9. The molecule has 1 saturated heterocycles. The van der Waals surface area contributed by atoms with Crippen molar-refractivity contribution in [3.8, 4) is 0 Å². The molecule has 0 saturated carbocycles. The average molecular weight is 584 g/mol. The summed E-state index contributed by atoms with van der Waals surface area (Å²) >= 11 is 0. The van der Waals surface area contributed by atoms with Crippen LogP contribution in [0.4, 0.5) is 4.79 Å². The van der Waals surface area contributed by atoms with Crippen LogP contribution in [0.3, 0.4) is 0 Å². The number of ether oxygens (including phenoxy) is 1. The van der Waals surface area contributed by atoms with E-state index in [0.717, 1.165) is 48.8 Å². The van der Waals surface area contributed by atoms with Gasteiger partial charge in [-0.1, -0.05) is 49.1 Å². The lowest BCUT2D eigenvalue weighted by Crippen LogP contribution is -2.39. The largest absolute Gasteiger partial charge is 0.449 e. The number of nitrogens with zero attached hydrogens (tertiary/aromatic N) is 3. The van der Waals surface area contributed by atoms with Gasteiger partial charge in [-0.25, -0.2) is 4.79 Å². The van der Waals surface area contributed by atoms with Crippen LogP contribution >= 0.6 is 0 Å². The zero-order chi connectivity index (χ0) is 30.3. The maximum absolute atomic E-state index is 13.2. The van der Waals surface area contributed by atoms with Crippen LogP contribution in [-0.2, 0) is 17.7 Å². The van der Waals surface area contributed by atoms with Crippen LogP contribution in [0.1, 0.15) is 82.0 Å². The van der Waals surface area contributed by atoms with E-state index in [1.54, 1.807) is 11.0 Å². The molecule has 0 aromatic heterocycles. The predicted molar refractivity (Wildman–Crippen MR) is 162 cm³/mol. The fourth-order valence-electron chi connectivity index (χ4n) is 6.30. The number of fused-ring (bicyclic) bond motifs is 4. The molecular weight excluding hydrogens is 546 g/mol. The maximum atomic E-state index is 13.2. The van der Waals surface area contributed by atoms with Crippen molar-refractivity contribution < 1.29 is 24.0 Å². The SMILES string of the molecule is C=C/C=C(\C=C/CCOC(=O)N1CCC(CCC(=O)c2ccc3c(c2)CN2C(=O)c4ccccc4C2CC3)CC1)[N+](=O)[O-]. The van der Waals surface area contributed by atoms with Crippen LogP contribution in [0.2, 0.25) is 0 Å². The van der Waals surface area contributed by atoms with Crippen molar-refractivity contribution in [2.24, 2.45) is 5.92 Å². The highest BCUT2D eigenvalue weighted by molar-refractivity contribution is 5.99. The number of piperidine rings is 1. The summed E-state index contributed by atoms with van der Waals surface area (Å²) in [5.41, 5.74) is 4.78. The molecule has 0 radical (unpaired) electrons. The van der Waals surface area contributed by atoms with Crippen molar-refractivity contribution in [2.45, 2.75) is 57.5 Å². The Bertz CT molecular complexity index is 1470. The molecule has 9 nitrogen and oxygen atoms in total. The number of hydrogen-bond donors (Lipinski definition) is 0. The molecule has 3 heterocycles. The standard InChI is InChI=1S/C34H37N3O6/c1-2-7-28(37(41)42)8-5-6-21-43-34(40)35-19-17-24(18-20-35)11-16-32(38)26-13-12-25-14-15-31-29-9-3-4-10-30(29)33(39)36(31)23-27(25)22-26/h2-5,7-10,12-13,22,24,31H,1,6,11,14-21,23H2/b8-5-,28-7+. The molecule has 2 amide bonds. The van der Waals surface area contributed by atoms with Crippen LogP contribution < -0.4 is 0 Å². The molecule has 1 atom stereocenters. The minimum Gasteiger partial charge on any atom is -0.449 e. The third kappa shape index (κ3) is 6.93. The van der Waals surface area contributed by atoms with Gasteiger partial charge in [-0.05, 0) is 66.8 Å². The Kier molecular flexibility index (Phi) is 9.49. The molecular formula is C34H37N3O6. The molecule has 0 aliphatic carbocycles. The van der Waals surface area contributed by atoms with Gasteiger partial charge in [-0.2, -0.15) is 0 Å². The van der Waals surface area contributed by atoms with Gasteiger partial charge in [0.15, 0.2) is 5.78 Å². The molecule has 3 aliphatic heterocycles. The smallest absolute Gasteiger partial charge is 0.409 e. The summed E-state index contributed by atoms with van der Waals surface area (Å²) in [6.07, 6.45) is 10.2. The van der Waals surface area contributed by atoms with Gasteiger partial charge in [0.2, 0.25) is 0 Å². The lowest BCUT2D eigenvalue weighted by Gasteiger charge is -2.31. The van der Waals surface area contributed by atoms with E-state index in [1.807, 2.05) is 35.2 Å². The molecule has 43 heavy (non-hydrogen) atoms. The van der Waals surface area contributed by atoms with Crippen molar-refractivity contribution >= 4 is 17.8 Å². The molecule has 224 valence electrons. The van der Waals surface area contributed by atoms with Crippen molar-refractivity contribution in [3.63, 3.8) is 0 Å². The minimum atomic E-state index is -0.499. The van der Waals surface area contributed by atoms with Crippen LogP contribution in [0, 0.1) is 16.0 Å². The second-order valence-electron chi connectivity index (χ2n) is 11.3. The van der Waals surface area contributed by atoms with Crippen molar-refractivity contribution in [1.82, 2.24) is 9.80 Å². The third-order valence-corrected chi connectivity index (χ3v) is 8.69. The fraction of sp³-hybridized carbons (Fsp3) is 0.382. The molecule has 1 fully saturated rings. The van der Waals surface area contributed by atoms with Crippen LogP contribution in [0.5, 0.6) is 0 Å². The van der Waals surface area contributed by atoms with Crippen molar-refractivity contribution in [3.05, 3.63) is 117 Å². The number of benzene rings is 2. The molecule has 0 bridgehead atoms. The Hall–Kier alpha value is -4.53. The summed E-state index contributed by atoms with van der Waals surface area (Å²) < 4.78 is 5.33. The molecule has 1 unspecified atom stereocenters. The highest BCUT2D eigenvalue weighted by Gasteiger charge is 2.38. The van der Waals surface area contributed by atoms with Gasteiger partial charge in [0, 0.05) is 55.8 Å². The fourth-order valence-corrected chi connectivity index (χ4v) is 6.30. The Morgan fingerprint density at radius 3 is 2.65 bits per heavy atom. The first-order valence-corrected chi connectivity index (χ1v) is 15.0. The monoisotopic (exact) mass is 583 g/mol. The van der Waals surface area contributed by atoms with E-state index in [1.165, 1.54) is 23.8 Å². The van der Waals surface area contributed by atoms with E-state index in [4.69, 9.17) is 4.74 Å². The number of ketones is 1. The third-order valence-electron chi connectivity index (χ3n) is 8.69. The molecule has 2 aromatic rings. The molecule has 3 aliphatic rings. The van der Waals surface area contributed by atoms with Crippen molar-refractivity contribution in [2.75, 3.05) is 19.7 Å². The van der Waals surface area contributed by atoms with Gasteiger partial charge < -0.3 is 14.5 Å². The summed E-state index contributed by atoms with van der Waals surface area (Å²) in [5.74, 6) is 0.535. The van der Waals surface area contributed by atoms with Gasteiger partial charge >= 0.3 is 6.09 Å². The first-order valence-electron chi connectivity index (χ1n) is 15.0. The van der Waals surface area contributed by atoms with Gasteiger partial charge in [-0.15, -0.1) is 0 Å². The van der Waals surface area contributed by atoms with E-state index < -0.39 is 4.92 Å². The number of likely N-dealkylation sites (tertiary alicyclic amines) is 1. The minimum absolute atomic E-state index is 0.0696. The number of rotatable bonds is 10. The molecule has 2 aromatic carbocycles. The second kappa shape index (κ2) is 13.6. The number of carbonyl (C=O) groups is 3. The summed E-state index contributed by atoms with van der Waals surface area (Å²) in [7, 11) is 0. The molecule has 0 N–H and O–H groups in total. The van der Waals surface area contributed by atoms with E-state index in [-0.39, 0.29) is 36.1 Å². The Morgan fingerprint density at radius 2 is 1.88 bits per heavy atom. The lowest BCUT2D eigenvalue weighted by molar-refractivity contribution is -0.419. The quantitative estimate of drug-likeness (QED) is 0.105. The Morgan fingerprint density at radius 1 is 1.09 bits per heavy atom. The zero-order valence-corrected chi connectivity index (χ0v) is 24.3. The maximum Gasteiger partial charge on any atom is 0.409 e. The van der Waals surface area contributed by atoms with Gasteiger partial charge in [0.05, 0.1) is 17.6 Å². The first kappa shape index (κ1) is 29.9. The van der Waals surface area contributed by atoms with Crippen LogP contribution in [0.15, 0.2) is 79.0 Å². The van der Waals surface area contributed by atoms with Gasteiger partial charge in [0.25, 0.3) is 11.6 Å².